The van der Waals surface area contributed by atoms with E-state index in [-0.39, 0.29) is 35.5 Å². The Bertz CT molecular complexity index is 1690. The third kappa shape index (κ3) is 3.70. The molecular weight excluding hydrogens is 608 g/mol. The zero-order chi connectivity index (χ0) is 33.6. The Balaban J connectivity index is 1.55. The molecule has 0 bridgehead atoms. The van der Waals surface area contributed by atoms with Crippen molar-refractivity contribution in [1.82, 2.24) is 0 Å². The van der Waals surface area contributed by atoms with E-state index in [1.807, 2.05) is 0 Å². The van der Waals surface area contributed by atoms with Crippen molar-refractivity contribution in [1.29, 1.82) is 0 Å². The summed E-state index contributed by atoms with van der Waals surface area (Å²) in [6.07, 6.45) is -3.72. The van der Waals surface area contributed by atoms with Crippen molar-refractivity contribution in [3.63, 3.8) is 0 Å². The van der Waals surface area contributed by atoms with Crippen LogP contribution >= 0.6 is 0 Å². The van der Waals surface area contributed by atoms with Crippen molar-refractivity contribution in [2.75, 3.05) is 14.2 Å². The Hall–Kier alpha value is -5.08. The molecule has 0 amide bonds. The summed E-state index contributed by atoms with van der Waals surface area (Å²) in [5.74, 6) is -9.01. The minimum Gasteiger partial charge on any atom is -0.506 e. The number of hydrogen-bond acceptors (Lipinski definition) is 14. The maximum Gasteiger partial charge on any atom is 0.358 e. The quantitative estimate of drug-likeness (QED) is 0.264. The molecule has 2 aromatic carbocycles. The number of benzene rings is 2. The van der Waals surface area contributed by atoms with Crippen molar-refractivity contribution < 1.29 is 68.8 Å². The normalized spacial score (nSPS) is 29.9. The van der Waals surface area contributed by atoms with Crippen LogP contribution < -0.4 is 9.47 Å². The summed E-state index contributed by atoms with van der Waals surface area (Å²) >= 11 is 0. The third-order valence-electron chi connectivity index (χ3n) is 9.26. The van der Waals surface area contributed by atoms with E-state index in [4.69, 9.17) is 18.9 Å². The van der Waals surface area contributed by atoms with E-state index < -0.39 is 104 Å². The van der Waals surface area contributed by atoms with Gasteiger partial charge in [-0.05, 0) is 36.1 Å². The fraction of sp³-hybridized carbons (Fsp3) is 0.375. The first-order valence-corrected chi connectivity index (χ1v) is 14.3. The maximum atomic E-state index is 13.2. The number of ketones is 2. The highest BCUT2D eigenvalue weighted by Gasteiger charge is 2.64. The minimum absolute atomic E-state index is 0.163. The zero-order valence-electron chi connectivity index (χ0n) is 25.0. The number of carbonyl (C=O) groups is 4. The van der Waals surface area contributed by atoms with Gasteiger partial charge in [0.25, 0.3) is 11.2 Å². The van der Waals surface area contributed by atoms with Crippen LogP contribution in [0.25, 0.3) is 22.6 Å². The molecule has 6 N–H and O–H groups in total. The van der Waals surface area contributed by atoms with Gasteiger partial charge in [-0.25, -0.2) is 9.59 Å². The number of phenolic OH excluding ortho intramolecular Hbond substituents is 2. The first-order valence-electron chi connectivity index (χ1n) is 14.3. The molecule has 0 unspecified atom stereocenters. The molecule has 0 aromatic heterocycles. The number of fused-ring (bicyclic) bond motifs is 4. The van der Waals surface area contributed by atoms with Crippen molar-refractivity contribution in [2.24, 2.45) is 11.8 Å². The molecule has 4 aliphatic rings. The molecule has 2 aliphatic heterocycles. The molecule has 14 heteroatoms. The molecule has 6 rings (SSSR count). The Kier molecular flexibility index (Phi) is 6.87. The van der Waals surface area contributed by atoms with Crippen LogP contribution in [-0.4, -0.2) is 91.8 Å². The highest BCUT2D eigenvalue weighted by Crippen LogP contribution is 2.55. The van der Waals surface area contributed by atoms with Crippen LogP contribution in [0.1, 0.15) is 37.8 Å². The lowest BCUT2D eigenvalue weighted by Crippen LogP contribution is -2.64. The Morgan fingerprint density at radius 2 is 1.04 bits per heavy atom. The number of methoxy groups -OCH3 is 2. The fourth-order valence-corrected chi connectivity index (χ4v) is 7.00. The van der Waals surface area contributed by atoms with Gasteiger partial charge in [-0.3, -0.25) is 9.59 Å². The van der Waals surface area contributed by atoms with Gasteiger partial charge in [0.1, 0.15) is 57.9 Å². The summed E-state index contributed by atoms with van der Waals surface area (Å²) < 4.78 is 21.5. The molecule has 242 valence electrons. The summed E-state index contributed by atoms with van der Waals surface area (Å²) in [6, 6.07) is 4.92. The predicted molar refractivity (Wildman–Crippen MR) is 155 cm³/mol. The molecule has 0 spiro atoms. The van der Waals surface area contributed by atoms with E-state index in [9.17, 15) is 49.8 Å². The van der Waals surface area contributed by atoms with Crippen molar-refractivity contribution in [2.45, 2.75) is 50.1 Å². The number of esters is 2. The molecule has 14 nitrogen and oxygen atoms in total. The number of aromatic hydroxyl groups is 2. The van der Waals surface area contributed by atoms with Gasteiger partial charge in [0.05, 0.1) is 25.4 Å². The lowest BCUT2D eigenvalue weighted by molar-refractivity contribution is -0.173. The molecule has 2 heterocycles. The fourth-order valence-electron chi connectivity index (χ4n) is 7.00. The Morgan fingerprint density at radius 1 is 0.696 bits per heavy atom. The van der Waals surface area contributed by atoms with E-state index in [2.05, 4.69) is 0 Å². The minimum atomic E-state index is -2.42. The van der Waals surface area contributed by atoms with E-state index in [0.717, 1.165) is 14.2 Å². The second kappa shape index (κ2) is 10.2. The van der Waals surface area contributed by atoms with E-state index in [1.165, 1.54) is 38.1 Å². The average molecular weight is 639 g/mol. The molecule has 2 fully saturated rings. The van der Waals surface area contributed by atoms with Gasteiger partial charge in [-0.15, -0.1) is 0 Å². The van der Waals surface area contributed by atoms with Crippen LogP contribution in [0.15, 0.2) is 35.4 Å². The van der Waals surface area contributed by atoms with Gasteiger partial charge in [0.2, 0.25) is 0 Å². The summed E-state index contributed by atoms with van der Waals surface area (Å²) in [6.45, 7) is 3.04. The van der Waals surface area contributed by atoms with Gasteiger partial charge < -0.3 is 49.6 Å². The van der Waals surface area contributed by atoms with Crippen LogP contribution in [-0.2, 0) is 28.7 Å². The number of hydrogen-bond donors (Lipinski definition) is 6. The zero-order valence-corrected chi connectivity index (χ0v) is 25.0. The average Bonchev–Trinajstić information content (AvgIpc) is 3.01. The molecule has 2 aliphatic carbocycles. The topological polar surface area (TPSA) is 227 Å². The second-order valence-corrected chi connectivity index (χ2v) is 11.9. The van der Waals surface area contributed by atoms with E-state index in [0.29, 0.717) is 0 Å². The molecule has 2 saturated carbocycles. The highest BCUT2D eigenvalue weighted by molar-refractivity contribution is 6.14. The smallest absolute Gasteiger partial charge is 0.358 e. The van der Waals surface area contributed by atoms with E-state index >= 15 is 0 Å². The Morgan fingerprint density at radius 3 is 1.37 bits per heavy atom. The monoisotopic (exact) mass is 638 g/mol. The van der Waals surface area contributed by atoms with Crippen molar-refractivity contribution in [3.05, 3.63) is 46.5 Å². The molecular formula is C32H30O14. The number of phenols is 2. The molecule has 46 heavy (non-hydrogen) atoms. The molecule has 0 radical (unpaired) electrons. The van der Waals surface area contributed by atoms with Crippen LogP contribution in [0, 0.1) is 11.8 Å². The number of ether oxygens (including phenoxy) is 4. The standard InChI is InChI=1S/C32H30O14/c1-11-9-15(33)21-25(37)19-17(45-31(21,27(11)39)29(41)43-3)7-5-13(23(19)35)14-6-8-18-20(24(14)36)26(38)22-16(34)10-12(2)28(40)32(22,46-18)30(42)44-4/h5-8,11-12,27-28,35-40H,9-10H2,1-4H3/t11-,12-,27-,28-,31+,32+/m0/s1. The molecule has 2 aromatic rings. The first-order chi connectivity index (χ1) is 21.7. The van der Waals surface area contributed by atoms with Crippen LogP contribution in [0.5, 0.6) is 23.0 Å². The van der Waals surface area contributed by atoms with Crippen LogP contribution in [0.3, 0.4) is 0 Å². The van der Waals surface area contributed by atoms with Gasteiger partial charge in [-0.1, -0.05) is 13.8 Å². The van der Waals surface area contributed by atoms with Crippen LogP contribution in [0.4, 0.5) is 0 Å². The lowest BCUT2D eigenvalue weighted by Gasteiger charge is -2.45. The molecule has 6 atom stereocenters. The SMILES string of the molecule is COC(=O)[C@@]12Oc3ccc(-c4ccc5c(c4O)C(O)=C4C(=O)C[C@H](C)[C@H](O)[C@]4(C(=O)OC)O5)c(O)c3C(O)=C1C(=O)C[C@H](C)[C@@H]2O. The highest BCUT2D eigenvalue weighted by atomic mass is 16.6. The first kappa shape index (κ1) is 30.9. The van der Waals surface area contributed by atoms with Crippen LogP contribution in [0.2, 0.25) is 0 Å². The Labute approximate surface area is 260 Å². The predicted octanol–water partition coefficient (Wildman–Crippen LogP) is 1.85. The van der Waals surface area contributed by atoms with Gasteiger partial charge >= 0.3 is 11.9 Å². The van der Waals surface area contributed by atoms with Gasteiger partial charge in [-0.2, -0.15) is 0 Å². The summed E-state index contributed by atoms with van der Waals surface area (Å²) in [5.41, 5.74) is -7.25. The summed E-state index contributed by atoms with van der Waals surface area (Å²) in [5, 5.41) is 67.7. The largest absolute Gasteiger partial charge is 0.506 e. The van der Waals surface area contributed by atoms with Gasteiger partial charge in [0, 0.05) is 24.0 Å². The number of rotatable bonds is 3. The molecule has 0 saturated heterocycles. The maximum absolute atomic E-state index is 13.2. The number of Topliss-reactive ketones (excluding diaryl/α,β-unsaturated/α-hetero) is 2. The lowest BCUT2D eigenvalue weighted by atomic mass is 9.69. The van der Waals surface area contributed by atoms with E-state index in [1.54, 1.807) is 0 Å². The third-order valence-corrected chi connectivity index (χ3v) is 9.26. The summed E-state index contributed by atoms with van der Waals surface area (Å²) in [7, 11) is 2.04. The van der Waals surface area contributed by atoms with Crippen molar-refractivity contribution >= 4 is 35.0 Å². The summed E-state index contributed by atoms with van der Waals surface area (Å²) in [4.78, 5) is 52.3. The van der Waals surface area contributed by atoms with Crippen molar-refractivity contribution in [3.8, 4) is 34.1 Å². The number of aliphatic hydroxyl groups excluding tert-OH is 4. The number of carbonyl (C=O) groups excluding carboxylic acids is 4. The number of aliphatic hydroxyl groups is 4. The second-order valence-electron chi connectivity index (χ2n) is 11.9. The van der Waals surface area contributed by atoms with Gasteiger partial charge in [0.15, 0.2) is 11.6 Å².